The normalized spacial score (nSPS) is 14.4. The maximum Gasteiger partial charge on any atom is 0.319 e. The first-order chi connectivity index (χ1) is 14.6. The standard InChI is InChI=1S/C22H22FN5O2/c23-16-5-4-8-19(15-16)28-14-11-20(26-28)21(29)27-12-9-18(10-13-27)25-22(30)24-17-6-2-1-3-7-17/h1-8,11,14-15,18H,9-10,12-13H2,(H2,24,25,30). The van der Waals surface area contributed by atoms with E-state index in [0.29, 0.717) is 37.3 Å². The highest BCUT2D eigenvalue weighted by Gasteiger charge is 2.26. The summed E-state index contributed by atoms with van der Waals surface area (Å²) in [4.78, 5) is 26.6. The minimum atomic E-state index is -0.359. The molecule has 0 aliphatic carbocycles. The molecule has 0 unspecified atom stereocenters. The van der Waals surface area contributed by atoms with Gasteiger partial charge in [-0.25, -0.2) is 13.9 Å². The fourth-order valence-corrected chi connectivity index (χ4v) is 3.46. The van der Waals surface area contributed by atoms with Gasteiger partial charge in [-0.3, -0.25) is 4.79 Å². The molecule has 1 fully saturated rings. The number of carbonyl (C=O) groups excluding carboxylic acids is 2. The highest BCUT2D eigenvalue weighted by Crippen LogP contribution is 2.15. The molecular formula is C22H22FN5O2. The van der Waals surface area contributed by atoms with Gasteiger partial charge in [0.2, 0.25) is 0 Å². The number of aromatic nitrogens is 2. The number of piperidine rings is 1. The summed E-state index contributed by atoms with van der Waals surface area (Å²) in [5.74, 6) is -0.529. The summed E-state index contributed by atoms with van der Waals surface area (Å²) in [5.41, 5.74) is 1.60. The van der Waals surface area contributed by atoms with Crippen molar-refractivity contribution < 1.29 is 14.0 Å². The van der Waals surface area contributed by atoms with Gasteiger partial charge in [-0.1, -0.05) is 24.3 Å². The van der Waals surface area contributed by atoms with Gasteiger partial charge in [-0.2, -0.15) is 5.10 Å². The third kappa shape index (κ3) is 4.65. The topological polar surface area (TPSA) is 79.3 Å². The number of anilines is 1. The number of rotatable bonds is 4. The molecule has 8 heteroatoms. The lowest BCUT2D eigenvalue weighted by Gasteiger charge is -2.32. The largest absolute Gasteiger partial charge is 0.337 e. The molecule has 3 aromatic rings. The highest BCUT2D eigenvalue weighted by molar-refractivity contribution is 5.92. The summed E-state index contributed by atoms with van der Waals surface area (Å²) >= 11 is 0. The van der Waals surface area contributed by atoms with Gasteiger partial charge in [0.15, 0.2) is 5.69 Å². The summed E-state index contributed by atoms with van der Waals surface area (Å²) in [6.07, 6.45) is 2.97. The van der Waals surface area contributed by atoms with Gasteiger partial charge in [-0.15, -0.1) is 0 Å². The van der Waals surface area contributed by atoms with Gasteiger partial charge in [0.1, 0.15) is 5.82 Å². The number of nitrogens with one attached hydrogen (secondary N) is 2. The molecule has 4 rings (SSSR count). The van der Waals surface area contributed by atoms with Crippen molar-refractivity contribution in [3.63, 3.8) is 0 Å². The van der Waals surface area contributed by atoms with Crippen LogP contribution < -0.4 is 10.6 Å². The predicted octanol–water partition coefficient (Wildman–Crippen LogP) is 3.44. The van der Waals surface area contributed by atoms with Crippen molar-refractivity contribution in [3.8, 4) is 5.69 Å². The number of hydrogen-bond donors (Lipinski definition) is 2. The van der Waals surface area contributed by atoms with Crippen LogP contribution in [-0.4, -0.2) is 45.8 Å². The van der Waals surface area contributed by atoms with E-state index in [2.05, 4.69) is 15.7 Å². The lowest BCUT2D eigenvalue weighted by Crippen LogP contribution is -2.47. The van der Waals surface area contributed by atoms with E-state index >= 15 is 0 Å². The van der Waals surface area contributed by atoms with Crippen LogP contribution in [0.2, 0.25) is 0 Å². The zero-order valence-corrected chi connectivity index (χ0v) is 16.3. The molecule has 2 aromatic carbocycles. The molecular weight excluding hydrogens is 385 g/mol. The Hall–Kier alpha value is -3.68. The third-order valence-corrected chi connectivity index (χ3v) is 5.03. The van der Waals surface area contributed by atoms with Crippen molar-refractivity contribution in [1.82, 2.24) is 20.0 Å². The Morgan fingerprint density at radius 2 is 1.77 bits per heavy atom. The van der Waals surface area contributed by atoms with Gasteiger partial charge in [-0.05, 0) is 49.2 Å². The number of carbonyl (C=O) groups is 2. The highest BCUT2D eigenvalue weighted by atomic mass is 19.1. The predicted molar refractivity (Wildman–Crippen MR) is 111 cm³/mol. The molecule has 154 valence electrons. The Labute approximate surface area is 173 Å². The number of benzene rings is 2. The summed E-state index contributed by atoms with van der Waals surface area (Å²) < 4.78 is 14.9. The average molecular weight is 407 g/mol. The maximum absolute atomic E-state index is 13.4. The van der Waals surface area contributed by atoms with E-state index in [9.17, 15) is 14.0 Å². The maximum atomic E-state index is 13.4. The fourth-order valence-electron chi connectivity index (χ4n) is 3.46. The number of likely N-dealkylation sites (tertiary alicyclic amines) is 1. The molecule has 7 nitrogen and oxygen atoms in total. The van der Waals surface area contributed by atoms with E-state index in [1.54, 1.807) is 29.3 Å². The van der Waals surface area contributed by atoms with Crippen molar-refractivity contribution in [3.05, 3.63) is 78.4 Å². The van der Waals surface area contributed by atoms with E-state index < -0.39 is 0 Å². The molecule has 0 saturated carbocycles. The lowest BCUT2D eigenvalue weighted by molar-refractivity contribution is 0.0702. The lowest BCUT2D eigenvalue weighted by atomic mass is 10.0. The van der Waals surface area contributed by atoms with Crippen molar-refractivity contribution in [2.75, 3.05) is 18.4 Å². The van der Waals surface area contributed by atoms with Crippen LogP contribution in [0.25, 0.3) is 5.69 Å². The monoisotopic (exact) mass is 407 g/mol. The molecule has 0 spiro atoms. The molecule has 1 saturated heterocycles. The Balaban J connectivity index is 1.30. The van der Waals surface area contributed by atoms with Crippen molar-refractivity contribution in [2.45, 2.75) is 18.9 Å². The van der Waals surface area contributed by atoms with Gasteiger partial charge < -0.3 is 15.5 Å². The molecule has 2 N–H and O–H groups in total. The van der Waals surface area contributed by atoms with Crippen molar-refractivity contribution in [2.24, 2.45) is 0 Å². The van der Waals surface area contributed by atoms with Crippen LogP contribution in [0.15, 0.2) is 66.9 Å². The summed E-state index contributed by atoms with van der Waals surface area (Å²) in [5, 5.41) is 10.0. The molecule has 1 aromatic heterocycles. The Kier molecular flexibility index (Phi) is 5.74. The molecule has 0 radical (unpaired) electrons. The van der Waals surface area contributed by atoms with Crippen molar-refractivity contribution >= 4 is 17.6 Å². The van der Waals surface area contributed by atoms with Crippen LogP contribution in [0.4, 0.5) is 14.9 Å². The second-order valence-corrected chi connectivity index (χ2v) is 7.16. The minimum Gasteiger partial charge on any atom is -0.337 e. The van der Waals surface area contributed by atoms with Crippen molar-refractivity contribution in [1.29, 1.82) is 0 Å². The minimum absolute atomic E-state index is 0.00242. The van der Waals surface area contributed by atoms with E-state index in [0.717, 1.165) is 5.69 Å². The van der Waals surface area contributed by atoms with Gasteiger partial charge in [0.25, 0.3) is 5.91 Å². The number of hydrogen-bond acceptors (Lipinski definition) is 3. The number of amides is 3. The summed E-state index contributed by atoms with van der Waals surface area (Å²) in [7, 11) is 0. The van der Waals surface area contributed by atoms with Gasteiger partial charge in [0.05, 0.1) is 5.69 Å². The van der Waals surface area contributed by atoms with E-state index in [4.69, 9.17) is 0 Å². The number of halogens is 1. The Morgan fingerprint density at radius 1 is 1.00 bits per heavy atom. The average Bonchev–Trinajstić information content (AvgIpc) is 3.25. The van der Waals surface area contributed by atoms with E-state index in [1.807, 2.05) is 30.3 Å². The first-order valence-electron chi connectivity index (χ1n) is 9.82. The molecule has 0 bridgehead atoms. The van der Waals surface area contributed by atoms with Gasteiger partial charge >= 0.3 is 6.03 Å². The van der Waals surface area contributed by atoms with Crippen LogP contribution in [0.5, 0.6) is 0 Å². The molecule has 3 amide bonds. The van der Waals surface area contributed by atoms with Crippen LogP contribution in [0, 0.1) is 5.82 Å². The number of para-hydroxylation sites is 1. The van der Waals surface area contributed by atoms with E-state index in [1.165, 1.54) is 16.8 Å². The molecule has 1 aliphatic heterocycles. The zero-order valence-electron chi connectivity index (χ0n) is 16.3. The first-order valence-corrected chi connectivity index (χ1v) is 9.82. The number of nitrogens with zero attached hydrogens (tertiary/aromatic N) is 3. The second-order valence-electron chi connectivity index (χ2n) is 7.16. The second kappa shape index (κ2) is 8.77. The Morgan fingerprint density at radius 3 is 2.50 bits per heavy atom. The van der Waals surface area contributed by atoms with Crippen LogP contribution in [-0.2, 0) is 0 Å². The Bertz CT molecular complexity index is 1030. The van der Waals surface area contributed by atoms with Crippen LogP contribution >= 0.6 is 0 Å². The van der Waals surface area contributed by atoms with Crippen LogP contribution in [0.3, 0.4) is 0 Å². The SMILES string of the molecule is O=C(Nc1ccccc1)NC1CCN(C(=O)c2ccn(-c3cccc(F)c3)n2)CC1. The van der Waals surface area contributed by atoms with E-state index in [-0.39, 0.29) is 23.8 Å². The smallest absolute Gasteiger partial charge is 0.319 e. The molecule has 2 heterocycles. The molecule has 0 atom stereocenters. The third-order valence-electron chi connectivity index (χ3n) is 5.03. The first kappa shape index (κ1) is 19.6. The fraction of sp³-hybridized carbons (Fsp3) is 0.227. The zero-order chi connectivity index (χ0) is 20.9. The summed E-state index contributed by atoms with van der Waals surface area (Å²) in [6.45, 7) is 1.06. The van der Waals surface area contributed by atoms with Gasteiger partial charge in [0, 0.05) is 31.0 Å². The van der Waals surface area contributed by atoms with Crippen LogP contribution in [0.1, 0.15) is 23.3 Å². The molecule has 30 heavy (non-hydrogen) atoms. The molecule has 1 aliphatic rings. The quantitative estimate of drug-likeness (QED) is 0.695. The number of urea groups is 1. The summed E-state index contributed by atoms with van der Waals surface area (Å²) in [6, 6.07) is 16.7.